The van der Waals surface area contributed by atoms with Gasteiger partial charge in [0.25, 0.3) is 0 Å². The molecular formula is C11H14ClN3O2. The van der Waals surface area contributed by atoms with E-state index in [0.29, 0.717) is 12.4 Å². The lowest BCUT2D eigenvalue weighted by atomic mass is 9.98. The molecule has 1 aromatic heterocycles. The largest absolute Gasteiger partial charge is 0.481 e. The first-order valence-electron chi connectivity index (χ1n) is 5.55. The van der Waals surface area contributed by atoms with Crippen LogP contribution in [0.25, 0.3) is 0 Å². The second-order valence-corrected chi connectivity index (χ2v) is 4.60. The van der Waals surface area contributed by atoms with Crippen molar-refractivity contribution in [1.82, 2.24) is 9.97 Å². The van der Waals surface area contributed by atoms with Gasteiger partial charge >= 0.3 is 5.97 Å². The van der Waals surface area contributed by atoms with Crippen molar-refractivity contribution in [3.05, 3.63) is 17.0 Å². The number of aliphatic carboxylic acids is 1. The first-order valence-corrected chi connectivity index (χ1v) is 5.93. The number of carboxylic acid groups (broad SMARTS) is 1. The Kier molecular flexibility index (Phi) is 3.47. The van der Waals surface area contributed by atoms with E-state index >= 15 is 0 Å². The Balaban J connectivity index is 2.18. The highest BCUT2D eigenvalue weighted by molar-refractivity contribution is 6.28. The molecule has 0 aliphatic carbocycles. The van der Waals surface area contributed by atoms with Crippen LogP contribution in [-0.2, 0) is 4.79 Å². The quantitative estimate of drug-likeness (QED) is 0.816. The fourth-order valence-corrected chi connectivity index (χ4v) is 2.29. The summed E-state index contributed by atoms with van der Waals surface area (Å²) in [6, 6.07) is 1.83. The third kappa shape index (κ3) is 2.85. The number of hydrogen-bond donors (Lipinski definition) is 1. The smallest absolute Gasteiger partial charge is 0.308 e. The lowest BCUT2D eigenvalue weighted by Crippen LogP contribution is -2.39. The summed E-state index contributed by atoms with van der Waals surface area (Å²) in [5, 5.41) is 9.23. The molecule has 1 fully saturated rings. The van der Waals surface area contributed by atoms with Gasteiger partial charge in [-0.15, -0.1) is 0 Å². The molecule has 1 saturated heterocycles. The minimum absolute atomic E-state index is 0.206. The number of aromatic nitrogens is 2. The fourth-order valence-electron chi connectivity index (χ4n) is 2.07. The monoisotopic (exact) mass is 255 g/mol. The highest BCUT2D eigenvalue weighted by Gasteiger charge is 2.26. The molecule has 1 aliphatic heterocycles. The standard InChI is InChI=1S/C11H14ClN3O2/c1-7-5-9(14-11(12)13-7)15-4-2-3-8(6-15)10(16)17/h5,8H,2-4,6H2,1H3,(H,16,17)/t8-/m1/s1. The predicted molar refractivity (Wildman–Crippen MR) is 64.4 cm³/mol. The number of carbonyl (C=O) groups is 1. The molecule has 2 heterocycles. The van der Waals surface area contributed by atoms with E-state index in [2.05, 4.69) is 9.97 Å². The summed E-state index contributed by atoms with van der Waals surface area (Å²) in [6.07, 6.45) is 1.58. The van der Waals surface area contributed by atoms with Crippen molar-refractivity contribution in [2.24, 2.45) is 5.92 Å². The van der Waals surface area contributed by atoms with Gasteiger partial charge < -0.3 is 10.0 Å². The predicted octanol–water partition coefficient (Wildman–Crippen LogP) is 1.74. The Morgan fingerprint density at radius 3 is 3.00 bits per heavy atom. The van der Waals surface area contributed by atoms with E-state index in [9.17, 15) is 4.79 Å². The summed E-state index contributed by atoms with van der Waals surface area (Å²) < 4.78 is 0. The number of hydrogen-bond acceptors (Lipinski definition) is 4. The summed E-state index contributed by atoms with van der Waals surface area (Å²) in [4.78, 5) is 21.1. The Morgan fingerprint density at radius 1 is 1.59 bits per heavy atom. The van der Waals surface area contributed by atoms with Crippen molar-refractivity contribution in [2.75, 3.05) is 18.0 Å². The minimum Gasteiger partial charge on any atom is -0.481 e. The van der Waals surface area contributed by atoms with E-state index in [4.69, 9.17) is 16.7 Å². The molecule has 5 nitrogen and oxygen atoms in total. The molecule has 92 valence electrons. The number of nitrogens with zero attached hydrogens (tertiary/aromatic N) is 3. The number of rotatable bonds is 2. The maximum atomic E-state index is 11.0. The molecule has 1 aliphatic rings. The van der Waals surface area contributed by atoms with Gasteiger partial charge in [-0.2, -0.15) is 0 Å². The highest BCUT2D eigenvalue weighted by atomic mass is 35.5. The average Bonchev–Trinajstić information content (AvgIpc) is 2.28. The van der Waals surface area contributed by atoms with Crippen LogP contribution >= 0.6 is 11.6 Å². The zero-order chi connectivity index (χ0) is 12.4. The van der Waals surface area contributed by atoms with Gasteiger partial charge in [-0.1, -0.05) is 0 Å². The van der Waals surface area contributed by atoms with Crippen molar-refractivity contribution in [1.29, 1.82) is 0 Å². The number of aryl methyl sites for hydroxylation is 1. The Hall–Kier alpha value is -1.36. The van der Waals surface area contributed by atoms with Crippen molar-refractivity contribution < 1.29 is 9.90 Å². The van der Waals surface area contributed by atoms with Gasteiger partial charge in [-0.3, -0.25) is 4.79 Å². The van der Waals surface area contributed by atoms with Crippen LogP contribution in [0.3, 0.4) is 0 Å². The van der Waals surface area contributed by atoms with E-state index in [1.807, 2.05) is 17.9 Å². The minimum atomic E-state index is -0.744. The summed E-state index contributed by atoms with van der Waals surface area (Å²) >= 11 is 5.80. The van der Waals surface area contributed by atoms with E-state index in [-0.39, 0.29) is 11.2 Å². The van der Waals surface area contributed by atoms with Crippen LogP contribution in [0.15, 0.2) is 6.07 Å². The third-order valence-electron chi connectivity index (χ3n) is 2.91. The fraction of sp³-hybridized carbons (Fsp3) is 0.545. The first-order chi connectivity index (χ1) is 8.06. The lowest BCUT2D eigenvalue weighted by molar-refractivity contribution is -0.141. The average molecular weight is 256 g/mol. The topological polar surface area (TPSA) is 66.3 Å². The third-order valence-corrected chi connectivity index (χ3v) is 3.08. The summed E-state index contributed by atoms with van der Waals surface area (Å²) in [5.74, 6) is -0.349. The number of carboxylic acids is 1. The molecule has 1 N–H and O–H groups in total. The van der Waals surface area contributed by atoms with Crippen LogP contribution in [0, 0.1) is 12.8 Å². The van der Waals surface area contributed by atoms with E-state index in [1.54, 1.807) is 0 Å². The molecule has 17 heavy (non-hydrogen) atoms. The van der Waals surface area contributed by atoms with Gasteiger partial charge in [-0.25, -0.2) is 9.97 Å². The molecule has 0 bridgehead atoms. The van der Waals surface area contributed by atoms with Crippen LogP contribution in [-0.4, -0.2) is 34.1 Å². The first kappa shape index (κ1) is 12.1. The van der Waals surface area contributed by atoms with Crippen LogP contribution in [0.1, 0.15) is 18.5 Å². The van der Waals surface area contributed by atoms with E-state index in [0.717, 1.165) is 25.1 Å². The molecule has 2 rings (SSSR count). The molecule has 0 saturated carbocycles. The van der Waals surface area contributed by atoms with Crippen molar-refractivity contribution >= 4 is 23.4 Å². The van der Waals surface area contributed by atoms with Gasteiger partial charge in [0, 0.05) is 24.8 Å². The highest BCUT2D eigenvalue weighted by Crippen LogP contribution is 2.23. The zero-order valence-corrected chi connectivity index (χ0v) is 10.3. The van der Waals surface area contributed by atoms with E-state index < -0.39 is 5.97 Å². The molecule has 0 unspecified atom stereocenters. The maximum absolute atomic E-state index is 11.0. The van der Waals surface area contributed by atoms with Crippen LogP contribution in [0.5, 0.6) is 0 Å². The number of halogens is 1. The molecule has 0 amide bonds. The molecule has 0 aromatic carbocycles. The van der Waals surface area contributed by atoms with E-state index in [1.165, 1.54) is 0 Å². The van der Waals surface area contributed by atoms with Crippen molar-refractivity contribution in [2.45, 2.75) is 19.8 Å². The molecule has 0 spiro atoms. The molecule has 6 heteroatoms. The van der Waals surface area contributed by atoms with Crippen molar-refractivity contribution in [3.63, 3.8) is 0 Å². The van der Waals surface area contributed by atoms with Gasteiger partial charge in [-0.05, 0) is 31.4 Å². The van der Waals surface area contributed by atoms with Gasteiger partial charge in [0.2, 0.25) is 5.28 Å². The van der Waals surface area contributed by atoms with Crippen LogP contribution in [0.2, 0.25) is 5.28 Å². The lowest BCUT2D eigenvalue weighted by Gasteiger charge is -2.31. The second kappa shape index (κ2) is 4.87. The molecule has 1 aromatic rings. The molecule has 1 atom stereocenters. The number of anilines is 1. The Labute approximate surface area is 104 Å². The second-order valence-electron chi connectivity index (χ2n) is 4.26. The van der Waals surface area contributed by atoms with Crippen LogP contribution in [0.4, 0.5) is 5.82 Å². The van der Waals surface area contributed by atoms with Gasteiger partial charge in [0.15, 0.2) is 0 Å². The SMILES string of the molecule is Cc1cc(N2CCC[C@@H](C(=O)O)C2)nc(Cl)n1. The van der Waals surface area contributed by atoms with Gasteiger partial charge in [0.05, 0.1) is 5.92 Å². The van der Waals surface area contributed by atoms with Crippen LogP contribution < -0.4 is 4.90 Å². The van der Waals surface area contributed by atoms with Crippen molar-refractivity contribution in [3.8, 4) is 0 Å². The Bertz CT molecular complexity index is 418. The summed E-state index contributed by atoms with van der Waals surface area (Å²) in [7, 11) is 0. The summed E-state index contributed by atoms with van der Waals surface area (Å²) in [6.45, 7) is 3.15. The normalized spacial score (nSPS) is 20.4. The Morgan fingerprint density at radius 2 is 2.35 bits per heavy atom. The number of piperidine rings is 1. The molecular weight excluding hydrogens is 242 g/mol. The maximum Gasteiger partial charge on any atom is 0.308 e. The summed E-state index contributed by atoms with van der Waals surface area (Å²) in [5.41, 5.74) is 0.789. The zero-order valence-electron chi connectivity index (χ0n) is 9.56. The van der Waals surface area contributed by atoms with Gasteiger partial charge in [0.1, 0.15) is 5.82 Å². The molecule has 0 radical (unpaired) electrons.